The Kier molecular flexibility index (Phi) is 6.89. The van der Waals surface area contributed by atoms with E-state index >= 15 is 0 Å². The van der Waals surface area contributed by atoms with Crippen LogP contribution >= 0.6 is 0 Å². The molecule has 2 atom stereocenters. The highest BCUT2D eigenvalue weighted by Crippen LogP contribution is 2.05. The maximum atomic E-state index is 11.4. The highest BCUT2D eigenvalue weighted by molar-refractivity contribution is 5.92. The molecule has 0 saturated carbocycles. The molecule has 0 spiro atoms. The molecule has 6 nitrogen and oxygen atoms in total. The van der Waals surface area contributed by atoms with Crippen molar-refractivity contribution in [3.8, 4) is 0 Å². The van der Waals surface area contributed by atoms with Crippen molar-refractivity contribution >= 4 is 17.7 Å². The van der Waals surface area contributed by atoms with Crippen LogP contribution in [0.4, 0.5) is 0 Å². The van der Waals surface area contributed by atoms with E-state index in [0.717, 1.165) is 0 Å². The topological polar surface area (TPSA) is 78.9 Å². The summed E-state index contributed by atoms with van der Waals surface area (Å²) >= 11 is 0. The first-order valence-corrected chi connectivity index (χ1v) is 5.50. The molecule has 0 aromatic heterocycles. The molecule has 0 bridgehead atoms. The third kappa shape index (κ3) is 5.09. The summed E-state index contributed by atoms with van der Waals surface area (Å²) in [6, 6.07) is 0. The molecule has 0 heterocycles. The van der Waals surface area contributed by atoms with E-state index in [1.807, 2.05) is 0 Å². The second-order valence-electron chi connectivity index (χ2n) is 3.59. The molecule has 0 aliphatic heterocycles. The van der Waals surface area contributed by atoms with Crippen molar-refractivity contribution in [3.05, 3.63) is 12.3 Å². The van der Waals surface area contributed by atoms with Gasteiger partial charge in [-0.25, -0.2) is 9.59 Å². The lowest BCUT2D eigenvalue weighted by Gasteiger charge is -2.13. The van der Waals surface area contributed by atoms with Crippen LogP contribution in [0, 0.1) is 0 Å². The smallest absolute Gasteiger partial charge is 0.374 e. The highest BCUT2D eigenvalue weighted by Gasteiger charge is 2.22. The average molecular weight is 258 g/mol. The van der Waals surface area contributed by atoms with Gasteiger partial charge in [-0.3, -0.25) is 4.79 Å². The molecule has 102 valence electrons. The SMILES string of the molecule is C=C(OC(=O)C(C)OC)C(=O)OC(C)C(=O)CC. The average Bonchev–Trinajstić information content (AvgIpc) is 2.35. The number of rotatable bonds is 7. The maximum absolute atomic E-state index is 11.4. The first-order valence-electron chi connectivity index (χ1n) is 5.50. The molecule has 18 heavy (non-hydrogen) atoms. The van der Waals surface area contributed by atoms with Crippen molar-refractivity contribution in [2.45, 2.75) is 39.4 Å². The number of Topliss-reactive ketones (excluding diaryl/α,β-unsaturated/α-hetero) is 1. The Morgan fingerprint density at radius 1 is 1.17 bits per heavy atom. The van der Waals surface area contributed by atoms with Gasteiger partial charge >= 0.3 is 11.9 Å². The molecular formula is C12H18O6. The van der Waals surface area contributed by atoms with Gasteiger partial charge in [-0.2, -0.15) is 0 Å². The summed E-state index contributed by atoms with van der Waals surface area (Å²) in [4.78, 5) is 33.9. The molecule has 6 heteroatoms. The molecule has 0 radical (unpaired) electrons. The number of carbonyl (C=O) groups is 3. The van der Waals surface area contributed by atoms with Gasteiger partial charge in [-0.1, -0.05) is 6.92 Å². The van der Waals surface area contributed by atoms with Crippen LogP contribution in [0.2, 0.25) is 0 Å². The predicted molar refractivity (Wildman–Crippen MR) is 62.6 cm³/mol. The lowest BCUT2D eigenvalue weighted by molar-refractivity contribution is -0.161. The van der Waals surface area contributed by atoms with Gasteiger partial charge in [-0.15, -0.1) is 0 Å². The van der Waals surface area contributed by atoms with Gasteiger partial charge in [0.05, 0.1) is 0 Å². The second kappa shape index (κ2) is 7.60. The highest BCUT2D eigenvalue weighted by atomic mass is 16.6. The Bertz CT molecular complexity index is 346. The van der Waals surface area contributed by atoms with Crippen molar-refractivity contribution in [2.75, 3.05) is 7.11 Å². The zero-order valence-corrected chi connectivity index (χ0v) is 11.0. The molecule has 0 aromatic rings. The van der Waals surface area contributed by atoms with Crippen LogP contribution < -0.4 is 0 Å². The molecule has 0 aromatic carbocycles. The van der Waals surface area contributed by atoms with Crippen molar-refractivity contribution < 1.29 is 28.6 Å². The van der Waals surface area contributed by atoms with Crippen molar-refractivity contribution in [1.29, 1.82) is 0 Å². The van der Waals surface area contributed by atoms with E-state index in [9.17, 15) is 14.4 Å². The number of esters is 2. The van der Waals surface area contributed by atoms with E-state index in [0.29, 0.717) is 0 Å². The fraction of sp³-hybridized carbons (Fsp3) is 0.583. The van der Waals surface area contributed by atoms with Crippen molar-refractivity contribution in [3.63, 3.8) is 0 Å². The summed E-state index contributed by atoms with van der Waals surface area (Å²) in [7, 11) is 1.33. The Labute approximate surface area is 106 Å². The van der Waals surface area contributed by atoms with Crippen LogP contribution in [0.15, 0.2) is 12.3 Å². The zero-order valence-electron chi connectivity index (χ0n) is 11.0. The van der Waals surface area contributed by atoms with Crippen LogP contribution in [-0.4, -0.2) is 37.0 Å². The van der Waals surface area contributed by atoms with Crippen LogP contribution in [0.25, 0.3) is 0 Å². The van der Waals surface area contributed by atoms with E-state index in [2.05, 4.69) is 11.3 Å². The number of hydrogen-bond donors (Lipinski definition) is 0. The molecule has 0 N–H and O–H groups in total. The third-order valence-corrected chi connectivity index (χ3v) is 2.22. The molecule has 0 amide bonds. The standard InChI is InChI=1S/C12H18O6/c1-6-10(13)7(2)17-12(15)9(4)18-11(14)8(3)16-5/h7-8H,4,6H2,1-3,5H3. The summed E-state index contributed by atoms with van der Waals surface area (Å²) in [5, 5.41) is 0. The largest absolute Gasteiger partial charge is 0.449 e. The first kappa shape index (κ1) is 16.3. The van der Waals surface area contributed by atoms with Gasteiger partial charge < -0.3 is 14.2 Å². The Balaban J connectivity index is 4.32. The number of carbonyl (C=O) groups excluding carboxylic acids is 3. The summed E-state index contributed by atoms with van der Waals surface area (Å²) in [6.07, 6.45) is -1.46. The fourth-order valence-electron chi connectivity index (χ4n) is 0.922. The summed E-state index contributed by atoms with van der Waals surface area (Å²) in [5.74, 6) is -2.40. The minimum absolute atomic E-state index is 0.229. The monoisotopic (exact) mass is 258 g/mol. The van der Waals surface area contributed by atoms with Gasteiger partial charge in [0, 0.05) is 13.5 Å². The predicted octanol–water partition coefficient (Wildman–Crippen LogP) is 0.989. The maximum Gasteiger partial charge on any atom is 0.374 e. The fourth-order valence-corrected chi connectivity index (χ4v) is 0.922. The molecule has 2 unspecified atom stereocenters. The summed E-state index contributed by atoms with van der Waals surface area (Å²) < 4.78 is 14.1. The van der Waals surface area contributed by atoms with E-state index < -0.39 is 29.9 Å². The van der Waals surface area contributed by atoms with Crippen LogP contribution in [0.3, 0.4) is 0 Å². The van der Waals surface area contributed by atoms with Crippen LogP contribution in [0.1, 0.15) is 27.2 Å². The molecule has 0 aliphatic carbocycles. The second-order valence-corrected chi connectivity index (χ2v) is 3.59. The van der Waals surface area contributed by atoms with Gasteiger partial charge in [0.2, 0.25) is 5.76 Å². The Hall–Kier alpha value is -1.69. The number of ketones is 1. The Morgan fingerprint density at radius 3 is 2.17 bits per heavy atom. The molecule has 0 saturated heterocycles. The van der Waals surface area contributed by atoms with Gasteiger partial charge in [0.15, 0.2) is 18.0 Å². The van der Waals surface area contributed by atoms with Gasteiger partial charge in [0.25, 0.3) is 0 Å². The minimum Gasteiger partial charge on any atom is -0.449 e. The summed E-state index contributed by atoms with van der Waals surface area (Å²) in [6.45, 7) is 7.82. The number of ether oxygens (including phenoxy) is 3. The van der Waals surface area contributed by atoms with E-state index in [-0.39, 0.29) is 12.2 Å². The lowest BCUT2D eigenvalue weighted by Crippen LogP contribution is -2.27. The van der Waals surface area contributed by atoms with E-state index in [4.69, 9.17) is 9.47 Å². The summed E-state index contributed by atoms with van der Waals surface area (Å²) in [5.41, 5.74) is 0. The molecule has 0 aliphatic rings. The normalized spacial score (nSPS) is 13.3. The molecular weight excluding hydrogens is 240 g/mol. The van der Waals surface area contributed by atoms with E-state index in [1.54, 1.807) is 6.92 Å². The molecule has 0 rings (SSSR count). The molecule has 0 fully saturated rings. The number of methoxy groups -OCH3 is 1. The van der Waals surface area contributed by atoms with E-state index in [1.165, 1.54) is 21.0 Å². The van der Waals surface area contributed by atoms with Crippen molar-refractivity contribution in [2.24, 2.45) is 0 Å². The zero-order chi connectivity index (χ0) is 14.3. The third-order valence-electron chi connectivity index (χ3n) is 2.22. The Morgan fingerprint density at radius 2 is 1.72 bits per heavy atom. The minimum atomic E-state index is -0.944. The van der Waals surface area contributed by atoms with Crippen LogP contribution in [-0.2, 0) is 28.6 Å². The lowest BCUT2D eigenvalue weighted by atomic mass is 10.2. The number of hydrogen-bond acceptors (Lipinski definition) is 6. The quantitative estimate of drug-likeness (QED) is 0.385. The van der Waals surface area contributed by atoms with Crippen molar-refractivity contribution in [1.82, 2.24) is 0 Å². The van der Waals surface area contributed by atoms with Gasteiger partial charge in [0.1, 0.15) is 0 Å². The van der Waals surface area contributed by atoms with Crippen LogP contribution in [0.5, 0.6) is 0 Å². The first-order chi connectivity index (χ1) is 8.33. The van der Waals surface area contributed by atoms with Gasteiger partial charge in [-0.05, 0) is 20.4 Å².